The minimum Gasteiger partial charge on any atom is -0.411 e. The highest BCUT2D eigenvalue weighted by Crippen LogP contribution is 2.68. The minimum absolute atomic E-state index is 0.332. The molecule has 3 saturated carbocycles. The van der Waals surface area contributed by atoms with Crippen LogP contribution in [0.2, 0.25) is 0 Å². The minimum atomic E-state index is 0.332. The third kappa shape index (κ3) is 3.58. The van der Waals surface area contributed by atoms with Crippen LogP contribution in [0.15, 0.2) is 16.8 Å². The van der Waals surface area contributed by atoms with Crippen LogP contribution in [-0.4, -0.2) is 10.9 Å². The molecule has 4 aliphatic rings. The molecule has 2 nitrogen and oxygen atoms in total. The molecular formula is C28H47NO. The molecule has 1 unspecified atom stereocenters. The summed E-state index contributed by atoms with van der Waals surface area (Å²) in [5.74, 6) is 5.76. The van der Waals surface area contributed by atoms with Gasteiger partial charge < -0.3 is 5.21 Å². The van der Waals surface area contributed by atoms with Crippen LogP contribution in [0, 0.1) is 52.3 Å². The lowest BCUT2D eigenvalue weighted by atomic mass is 9.46. The third-order valence-electron chi connectivity index (χ3n) is 10.6. The van der Waals surface area contributed by atoms with Gasteiger partial charge >= 0.3 is 0 Å². The Balaban J connectivity index is 1.51. The zero-order valence-corrected chi connectivity index (χ0v) is 20.6. The van der Waals surface area contributed by atoms with Gasteiger partial charge in [0.2, 0.25) is 0 Å². The summed E-state index contributed by atoms with van der Waals surface area (Å²) in [4.78, 5) is 0. The van der Waals surface area contributed by atoms with Crippen LogP contribution in [0.3, 0.4) is 0 Å². The fourth-order valence-corrected chi connectivity index (χ4v) is 9.06. The highest BCUT2D eigenvalue weighted by molar-refractivity contribution is 5.98. The SMILES string of the molecule is CC(C)CCC[C@@H](C)[C@H]1CC[C@H]2[C@@H]3CCC4=CC(=NO)C(C)C[C@]4(C)[C@H]3CC[C@]12C. The number of nitrogens with zero attached hydrogens (tertiary/aromatic N) is 1. The summed E-state index contributed by atoms with van der Waals surface area (Å²) in [6.07, 6.45) is 16.1. The van der Waals surface area contributed by atoms with E-state index in [1.54, 1.807) is 5.57 Å². The molecule has 0 heterocycles. The maximum atomic E-state index is 9.44. The van der Waals surface area contributed by atoms with Crippen molar-refractivity contribution < 1.29 is 5.21 Å². The van der Waals surface area contributed by atoms with Gasteiger partial charge in [-0.25, -0.2) is 0 Å². The first-order valence-electron chi connectivity index (χ1n) is 13.1. The Morgan fingerprint density at radius 2 is 1.83 bits per heavy atom. The number of hydrogen-bond acceptors (Lipinski definition) is 2. The van der Waals surface area contributed by atoms with Crippen molar-refractivity contribution in [1.82, 2.24) is 0 Å². The number of hydrogen-bond donors (Lipinski definition) is 1. The fourth-order valence-electron chi connectivity index (χ4n) is 9.06. The molecule has 0 aromatic carbocycles. The van der Waals surface area contributed by atoms with Crippen LogP contribution < -0.4 is 0 Å². The van der Waals surface area contributed by atoms with E-state index in [0.717, 1.165) is 41.2 Å². The standard InChI is InChI=1S/C28H47NO/c1-18(2)8-7-9-19(3)23-12-13-24-22-11-10-21-16-26(29-30)20(4)17-28(21,6)25(22)14-15-27(23,24)5/h16,18-20,22-25,30H,7-15,17H2,1-6H3/t19-,20?,22+,23-,24+,25+,27-,28+/m1/s1. The van der Waals surface area contributed by atoms with Crippen LogP contribution in [0.4, 0.5) is 0 Å². The molecule has 4 rings (SSSR count). The van der Waals surface area contributed by atoms with Crippen molar-refractivity contribution in [2.45, 2.75) is 106 Å². The second kappa shape index (κ2) is 8.28. The molecule has 0 aromatic heterocycles. The summed E-state index contributed by atoms with van der Waals surface area (Å²) < 4.78 is 0. The molecule has 0 saturated heterocycles. The quantitative estimate of drug-likeness (QED) is 0.358. The molecule has 2 heteroatoms. The van der Waals surface area contributed by atoms with Gasteiger partial charge in [0.25, 0.3) is 0 Å². The van der Waals surface area contributed by atoms with Gasteiger partial charge in [0.1, 0.15) is 0 Å². The van der Waals surface area contributed by atoms with Gasteiger partial charge in [0.05, 0.1) is 5.71 Å². The molecule has 0 aliphatic heterocycles. The fraction of sp³-hybridized carbons (Fsp3) is 0.893. The van der Waals surface area contributed by atoms with E-state index in [1.165, 1.54) is 64.2 Å². The van der Waals surface area contributed by atoms with Gasteiger partial charge in [-0.2, -0.15) is 0 Å². The van der Waals surface area contributed by atoms with Crippen LogP contribution in [0.5, 0.6) is 0 Å². The molecule has 0 spiro atoms. The van der Waals surface area contributed by atoms with E-state index < -0.39 is 0 Å². The highest BCUT2D eigenvalue weighted by atomic mass is 16.4. The summed E-state index contributed by atoms with van der Waals surface area (Å²) in [6.45, 7) is 14.8. The Morgan fingerprint density at radius 1 is 1.07 bits per heavy atom. The molecule has 0 amide bonds. The Morgan fingerprint density at radius 3 is 2.53 bits per heavy atom. The summed E-state index contributed by atoms with van der Waals surface area (Å²) in [5, 5.41) is 13.1. The maximum absolute atomic E-state index is 9.44. The first kappa shape index (κ1) is 22.4. The predicted molar refractivity (Wildman–Crippen MR) is 127 cm³/mol. The van der Waals surface area contributed by atoms with E-state index >= 15 is 0 Å². The van der Waals surface area contributed by atoms with Crippen LogP contribution >= 0.6 is 0 Å². The van der Waals surface area contributed by atoms with E-state index in [2.05, 4.69) is 52.8 Å². The first-order valence-corrected chi connectivity index (χ1v) is 13.1. The number of allylic oxidation sites excluding steroid dienone is 2. The lowest BCUT2D eigenvalue weighted by molar-refractivity contribution is -0.0597. The van der Waals surface area contributed by atoms with Crippen molar-refractivity contribution in [1.29, 1.82) is 0 Å². The largest absolute Gasteiger partial charge is 0.411 e. The summed E-state index contributed by atoms with van der Waals surface area (Å²) in [7, 11) is 0. The second-order valence-electron chi connectivity index (χ2n) is 12.7. The van der Waals surface area contributed by atoms with Gasteiger partial charge in [-0.3, -0.25) is 0 Å². The molecule has 30 heavy (non-hydrogen) atoms. The number of fused-ring (bicyclic) bond motifs is 5. The van der Waals surface area contributed by atoms with Crippen molar-refractivity contribution in [3.05, 3.63) is 11.6 Å². The Kier molecular flexibility index (Phi) is 6.19. The molecule has 170 valence electrons. The number of rotatable bonds is 5. The lowest BCUT2D eigenvalue weighted by Gasteiger charge is -2.59. The summed E-state index contributed by atoms with van der Waals surface area (Å²) in [5.41, 5.74) is 3.42. The average Bonchev–Trinajstić information content (AvgIpc) is 3.04. The molecule has 4 aliphatic carbocycles. The van der Waals surface area contributed by atoms with Gasteiger partial charge in [-0.15, -0.1) is 0 Å². The smallest absolute Gasteiger partial charge is 0.0823 e. The van der Waals surface area contributed by atoms with Gasteiger partial charge in [-0.1, -0.05) is 71.5 Å². The first-order chi connectivity index (χ1) is 14.2. The van der Waals surface area contributed by atoms with E-state index in [4.69, 9.17) is 0 Å². The summed E-state index contributed by atoms with van der Waals surface area (Å²) in [6, 6.07) is 0. The molecule has 1 N–H and O–H groups in total. The molecule has 3 fully saturated rings. The molecule has 0 aromatic rings. The molecule has 8 atom stereocenters. The van der Waals surface area contributed by atoms with Crippen molar-refractivity contribution >= 4 is 5.71 Å². The normalized spacial score (nSPS) is 45.6. The van der Waals surface area contributed by atoms with Crippen LogP contribution in [0.25, 0.3) is 0 Å². The average molecular weight is 414 g/mol. The third-order valence-corrected chi connectivity index (χ3v) is 10.6. The zero-order valence-electron chi connectivity index (χ0n) is 20.6. The Bertz CT molecular complexity index is 693. The molecule has 0 radical (unpaired) electrons. The molecule has 0 bridgehead atoms. The second-order valence-corrected chi connectivity index (χ2v) is 12.7. The Labute approximate surface area is 186 Å². The van der Waals surface area contributed by atoms with Crippen molar-refractivity contribution in [2.75, 3.05) is 0 Å². The zero-order chi connectivity index (χ0) is 21.7. The van der Waals surface area contributed by atoms with Crippen molar-refractivity contribution in [2.24, 2.45) is 57.4 Å². The Hall–Kier alpha value is -0.790. The monoisotopic (exact) mass is 413 g/mol. The number of oxime groups is 1. The van der Waals surface area contributed by atoms with Crippen molar-refractivity contribution in [3.63, 3.8) is 0 Å². The van der Waals surface area contributed by atoms with E-state index in [1.807, 2.05) is 0 Å². The maximum Gasteiger partial charge on any atom is 0.0823 e. The lowest BCUT2D eigenvalue weighted by Crippen LogP contribution is -2.51. The molecular weight excluding hydrogens is 366 g/mol. The van der Waals surface area contributed by atoms with E-state index in [0.29, 0.717) is 16.7 Å². The highest BCUT2D eigenvalue weighted by Gasteiger charge is 2.59. The topological polar surface area (TPSA) is 32.6 Å². The van der Waals surface area contributed by atoms with Crippen LogP contribution in [-0.2, 0) is 0 Å². The van der Waals surface area contributed by atoms with Gasteiger partial charge in [0.15, 0.2) is 0 Å². The van der Waals surface area contributed by atoms with E-state index in [-0.39, 0.29) is 0 Å². The van der Waals surface area contributed by atoms with Gasteiger partial charge in [-0.05, 0) is 97.4 Å². The predicted octanol–water partition coefficient (Wildman–Crippen LogP) is 8.10. The van der Waals surface area contributed by atoms with Gasteiger partial charge in [0, 0.05) is 5.92 Å². The van der Waals surface area contributed by atoms with E-state index in [9.17, 15) is 5.21 Å². The van der Waals surface area contributed by atoms with Crippen LogP contribution in [0.1, 0.15) is 106 Å². The van der Waals surface area contributed by atoms with Crippen molar-refractivity contribution in [3.8, 4) is 0 Å². The summed E-state index contributed by atoms with van der Waals surface area (Å²) >= 11 is 0.